The smallest absolute Gasteiger partial charge is 0.0349 e. The molecule has 0 saturated carbocycles. The van der Waals surface area contributed by atoms with E-state index in [0.717, 1.165) is 13.1 Å². The highest BCUT2D eigenvalue weighted by atomic mass is 32.1. The zero-order chi connectivity index (χ0) is 11.5. The van der Waals surface area contributed by atoms with Gasteiger partial charge in [-0.2, -0.15) is 0 Å². The van der Waals surface area contributed by atoms with Crippen molar-refractivity contribution >= 4 is 21.4 Å². The third-order valence-electron chi connectivity index (χ3n) is 2.59. The van der Waals surface area contributed by atoms with Crippen LogP contribution in [-0.4, -0.2) is 26.0 Å². The lowest BCUT2D eigenvalue weighted by Gasteiger charge is -2.11. The van der Waals surface area contributed by atoms with Gasteiger partial charge in [-0.25, -0.2) is 0 Å². The molecule has 0 spiro atoms. The number of nitrogens with one attached hydrogen (secondary N) is 1. The number of nitrogens with zero attached hydrogens (tertiary/aromatic N) is 1. The molecule has 0 unspecified atom stereocenters. The second-order valence-electron chi connectivity index (χ2n) is 4.27. The lowest BCUT2D eigenvalue weighted by molar-refractivity contribution is 0.403. The van der Waals surface area contributed by atoms with E-state index in [-0.39, 0.29) is 0 Å². The molecule has 0 aliphatic carbocycles. The number of rotatable bonds is 4. The molecule has 86 valence electrons. The van der Waals surface area contributed by atoms with E-state index in [1.807, 2.05) is 18.4 Å². The van der Waals surface area contributed by atoms with Crippen molar-refractivity contribution < 1.29 is 0 Å². The van der Waals surface area contributed by atoms with Gasteiger partial charge in [0.25, 0.3) is 0 Å². The molecule has 0 fully saturated rings. The van der Waals surface area contributed by atoms with Gasteiger partial charge in [-0.05, 0) is 38.2 Å². The van der Waals surface area contributed by atoms with Crippen molar-refractivity contribution in [1.82, 2.24) is 10.2 Å². The molecule has 0 aliphatic heterocycles. The molecule has 1 aromatic carbocycles. The molecule has 3 heteroatoms. The molecule has 1 aromatic heterocycles. The zero-order valence-corrected chi connectivity index (χ0v) is 10.9. The molecule has 0 bridgehead atoms. The number of hydrogen-bond acceptors (Lipinski definition) is 3. The van der Waals surface area contributed by atoms with Crippen LogP contribution in [-0.2, 0) is 13.1 Å². The van der Waals surface area contributed by atoms with Gasteiger partial charge < -0.3 is 10.2 Å². The molecule has 0 atom stereocenters. The van der Waals surface area contributed by atoms with Crippen molar-refractivity contribution in [2.24, 2.45) is 0 Å². The summed E-state index contributed by atoms with van der Waals surface area (Å²) < 4.78 is 1.39. The monoisotopic (exact) mass is 234 g/mol. The van der Waals surface area contributed by atoms with E-state index >= 15 is 0 Å². The zero-order valence-electron chi connectivity index (χ0n) is 10.1. The third-order valence-corrected chi connectivity index (χ3v) is 3.81. The Labute approximate surface area is 101 Å². The lowest BCUT2D eigenvalue weighted by Crippen LogP contribution is -2.13. The van der Waals surface area contributed by atoms with Gasteiger partial charge in [-0.3, -0.25) is 0 Å². The highest BCUT2D eigenvalue weighted by Crippen LogP contribution is 2.31. The van der Waals surface area contributed by atoms with Crippen LogP contribution in [0, 0.1) is 0 Å². The van der Waals surface area contributed by atoms with Gasteiger partial charge in [0.2, 0.25) is 0 Å². The second kappa shape index (κ2) is 4.95. The van der Waals surface area contributed by atoms with Crippen molar-refractivity contribution in [1.29, 1.82) is 0 Å². The Morgan fingerprint density at radius 3 is 2.69 bits per heavy atom. The molecule has 0 aliphatic rings. The van der Waals surface area contributed by atoms with Crippen LogP contribution in [0.2, 0.25) is 0 Å². The lowest BCUT2D eigenvalue weighted by atomic mass is 10.1. The minimum absolute atomic E-state index is 0.961. The highest BCUT2D eigenvalue weighted by Gasteiger charge is 2.11. The summed E-state index contributed by atoms with van der Waals surface area (Å²) in [6.45, 7) is 1.98. The average Bonchev–Trinajstić information content (AvgIpc) is 2.57. The van der Waals surface area contributed by atoms with Gasteiger partial charge in [0.05, 0.1) is 0 Å². The van der Waals surface area contributed by atoms with Crippen molar-refractivity contribution in [3.63, 3.8) is 0 Å². The molecular weight excluding hydrogens is 216 g/mol. The molecule has 1 N–H and O–H groups in total. The predicted molar refractivity (Wildman–Crippen MR) is 72.0 cm³/mol. The summed E-state index contributed by atoms with van der Waals surface area (Å²) in [5.41, 5.74) is 1.47. The predicted octanol–water partition coefficient (Wildman–Crippen LogP) is 2.68. The Bertz CT molecular complexity index is 474. The molecule has 16 heavy (non-hydrogen) atoms. The maximum absolute atomic E-state index is 3.25. The molecule has 2 aromatic rings. The maximum atomic E-state index is 3.25. The van der Waals surface area contributed by atoms with Crippen molar-refractivity contribution in [3.05, 3.63) is 34.7 Å². The van der Waals surface area contributed by atoms with E-state index in [9.17, 15) is 0 Å². The molecule has 2 rings (SSSR count). The Hall–Kier alpha value is -0.900. The molecule has 0 saturated heterocycles. The van der Waals surface area contributed by atoms with Gasteiger partial charge in [0, 0.05) is 22.7 Å². The van der Waals surface area contributed by atoms with E-state index in [0.29, 0.717) is 0 Å². The fourth-order valence-electron chi connectivity index (χ4n) is 1.94. The summed E-state index contributed by atoms with van der Waals surface area (Å²) in [5.74, 6) is 0. The van der Waals surface area contributed by atoms with Crippen LogP contribution in [0.5, 0.6) is 0 Å². The quantitative estimate of drug-likeness (QED) is 0.875. The molecule has 0 radical (unpaired) electrons. The summed E-state index contributed by atoms with van der Waals surface area (Å²) in [7, 11) is 6.25. The standard InChI is InChI=1S/C13H18N2S/c1-14-8-13-11(9-15(2)3)10-6-4-5-7-12(10)16-13/h4-7,14H,8-9H2,1-3H3. The van der Waals surface area contributed by atoms with Crippen molar-refractivity contribution in [2.45, 2.75) is 13.1 Å². The van der Waals surface area contributed by atoms with E-state index < -0.39 is 0 Å². The van der Waals surface area contributed by atoms with Gasteiger partial charge in [0.15, 0.2) is 0 Å². The van der Waals surface area contributed by atoms with Crippen molar-refractivity contribution in [2.75, 3.05) is 21.1 Å². The fourth-order valence-corrected chi connectivity index (χ4v) is 3.17. The molecule has 2 nitrogen and oxygen atoms in total. The first-order valence-electron chi connectivity index (χ1n) is 5.51. The first-order chi connectivity index (χ1) is 7.72. The van der Waals surface area contributed by atoms with Crippen LogP contribution in [0.3, 0.4) is 0 Å². The maximum Gasteiger partial charge on any atom is 0.0349 e. The van der Waals surface area contributed by atoms with Crippen molar-refractivity contribution in [3.8, 4) is 0 Å². The first-order valence-corrected chi connectivity index (χ1v) is 6.32. The van der Waals surface area contributed by atoms with E-state index in [2.05, 4.69) is 48.6 Å². The molecule has 1 heterocycles. The average molecular weight is 234 g/mol. The highest BCUT2D eigenvalue weighted by molar-refractivity contribution is 7.19. The SMILES string of the molecule is CNCc1sc2ccccc2c1CN(C)C. The fraction of sp³-hybridized carbons (Fsp3) is 0.385. The summed E-state index contributed by atoms with van der Waals surface area (Å²) in [6, 6.07) is 8.67. The topological polar surface area (TPSA) is 15.3 Å². The number of thiophene rings is 1. The third kappa shape index (κ3) is 2.26. The second-order valence-corrected chi connectivity index (χ2v) is 5.40. The number of fused-ring (bicyclic) bond motifs is 1. The van der Waals surface area contributed by atoms with Gasteiger partial charge in [-0.1, -0.05) is 18.2 Å². The van der Waals surface area contributed by atoms with Gasteiger partial charge in [0.1, 0.15) is 0 Å². The van der Waals surface area contributed by atoms with Crippen LogP contribution in [0.25, 0.3) is 10.1 Å². The van der Waals surface area contributed by atoms with Crippen LogP contribution >= 0.6 is 11.3 Å². The largest absolute Gasteiger partial charge is 0.315 e. The van der Waals surface area contributed by atoms with E-state index in [1.165, 1.54) is 20.5 Å². The Morgan fingerprint density at radius 1 is 1.25 bits per heavy atom. The Balaban J connectivity index is 2.50. The molecule has 0 amide bonds. The van der Waals surface area contributed by atoms with E-state index in [1.54, 1.807) is 0 Å². The van der Waals surface area contributed by atoms with Gasteiger partial charge in [-0.15, -0.1) is 11.3 Å². The van der Waals surface area contributed by atoms with Crippen LogP contribution in [0.15, 0.2) is 24.3 Å². The summed E-state index contributed by atoms with van der Waals surface area (Å²) in [4.78, 5) is 3.69. The Morgan fingerprint density at radius 2 is 2.00 bits per heavy atom. The van der Waals surface area contributed by atoms with Gasteiger partial charge >= 0.3 is 0 Å². The Kier molecular flexibility index (Phi) is 3.59. The minimum atomic E-state index is 0.961. The summed E-state index contributed by atoms with van der Waals surface area (Å²) in [5, 5.41) is 4.66. The normalized spacial score (nSPS) is 11.5. The minimum Gasteiger partial charge on any atom is -0.315 e. The van der Waals surface area contributed by atoms with Crippen LogP contribution in [0.1, 0.15) is 10.4 Å². The molecular formula is C13H18N2S. The number of hydrogen-bond donors (Lipinski definition) is 1. The first kappa shape index (κ1) is 11.6. The number of benzene rings is 1. The van der Waals surface area contributed by atoms with Crippen LogP contribution < -0.4 is 5.32 Å². The van der Waals surface area contributed by atoms with E-state index in [4.69, 9.17) is 0 Å². The van der Waals surface area contributed by atoms with Crippen LogP contribution in [0.4, 0.5) is 0 Å². The summed E-state index contributed by atoms with van der Waals surface area (Å²) >= 11 is 1.90. The summed E-state index contributed by atoms with van der Waals surface area (Å²) in [6.07, 6.45) is 0.